The third-order valence-electron chi connectivity index (χ3n) is 9.01. The zero-order chi connectivity index (χ0) is 32.1. The van der Waals surface area contributed by atoms with Gasteiger partial charge in [-0.25, -0.2) is 0 Å². The normalized spacial score (nSPS) is 14.0. The lowest BCUT2D eigenvalue weighted by molar-refractivity contribution is -0.137. The van der Waals surface area contributed by atoms with Gasteiger partial charge in [-0.3, -0.25) is 0 Å². The number of benzene rings is 6. The molecule has 0 saturated carbocycles. The Morgan fingerprint density at radius 3 is 1.45 bits per heavy atom. The second kappa shape index (κ2) is 11.3. The summed E-state index contributed by atoms with van der Waals surface area (Å²) >= 11 is 0. The van der Waals surface area contributed by atoms with Crippen LogP contribution in [0.25, 0.3) is 22.3 Å². The van der Waals surface area contributed by atoms with Gasteiger partial charge in [0.2, 0.25) is 0 Å². The Morgan fingerprint density at radius 2 is 0.915 bits per heavy atom. The lowest BCUT2D eigenvalue weighted by Gasteiger charge is -2.28. The van der Waals surface area contributed by atoms with Crippen LogP contribution in [0, 0.1) is 0 Å². The van der Waals surface area contributed by atoms with Crippen LogP contribution in [0.15, 0.2) is 146 Å². The highest BCUT2D eigenvalue weighted by atomic mass is 19.4. The number of nitrogens with zero attached hydrogens (tertiary/aromatic N) is 4. The molecule has 0 aromatic heterocycles. The van der Waals surface area contributed by atoms with E-state index >= 15 is 0 Å². The SMILES string of the molecule is CN1CN(c2cccc(N3CN(c4c(-c5ccccc5)cc(C(F)(F)F)cc4-c4ccccc4)c4ccccc43)c2)c2ccccc21. The quantitative estimate of drug-likeness (QED) is 0.189. The topological polar surface area (TPSA) is 13.0 Å². The molecule has 0 bridgehead atoms. The maximum absolute atomic E-state index is 14.5. The molecular weight excluding hydrogens is 593 g/mol. The monoisotopic (exact) mass is 624 g/mol. The van der Waals surface area contributed by atoms with Gasteiger partial charge < -0.3 is 19.6 Å². The highest BCUT2D eigenvalue weighted by Crippen LogP contribution is 2.52. The van der Waals surface area contributed by atoms with Gasteiger partial charge in [-0.1, -0.05) is 91.0 Å². The van der Waals surface area contributed by atoms with E-state index in [4.69, 9.17) is 0 Å². The summed E-state index contributed by atoms with van der Waals surface area (Å²) in [4.78, 5) is 8.93. The van der Waals surface area contributed by atoms with Crippen LogP contribution < -0.4 is 19.6 Å². The van der Waals surface area contributed by atoms with Crippen LogP contribution in [0.3, 0.4) is 0 Å². The summed E-state index contributed by atoms with van der Waals surface area (Å²) in [5, 5.41) is 0. The molecule has 8 rings (SSSR count). The summed E-state index contributed by atoms with van der Waals surface area (Å²) in [7, 11) is 2.09. The summed E-state index contributed by atoms with van der Waals surface area (Å²) in [5.41, 5.74) is 8.88. The van der Waals surface area contributed by atoms with Crippen LogP contribution in [-0.4, -0.2) is 20.4 Å². The average molecular weight is 625 g/mol. The summed E-state index contributed by atoms with van der Waals surface area (Å²) in [5.74, 6) is 0. The van der Waals surface area contributed by atoms with Crippen molar-refractivity contribution in [2.24, 2.45) is 0 Å². The Kier molecular flexibility index (Phi) is 6.90. The van der Waals surface area contributed by atoms with Crippen LogP contribution in [0.1, 0.15) is 5.56 Å². The van der Waals surface area contributed by atoms with Gasteiger partial charge in [0.1, 0.15) is 6.67 Å². The third kappa shape index (κ3) is 5.04. The molecule has 0 spiro atoms. The first-order chi connectivity index (χ1) is 22.9. The molecule has 2 aliphatic heterocycles. The largest absolute Gasteiger partial charge is 0.416 e. The Labute approximate surface area is 272 Å². The second-order valence-electron chi connectivity index (χ2n) is 11.9. The molecule has 0 unspecified atom stereocenters. The molecule has 4 nitrogen and oxygen atoms in total. The Morgan fingerprint density at radius 1 is 0.468 bits per heavy atom. The molecule has 0 saturated heterocycles. The second-order valence-corrected chi connectivity index (χ2v) is 11.9. The number of fused-ring (bicyclic) bond motifs is 2. The molecule has 0 amide bonds. The van der Waals surface area contributed by atoms with Crippen molar-refractivity contribution in [3.8, 4) is 22.3 Å². The van der Waals surface area contributed by atoms with Gasteiger partial charge >= 0.3 is 6.18 Å². The summed E-state index contributed by atoms with van der Waals surface area (Å²) < 4.78 is 43.4. The molecule has 0 N–H and O–H groups in total. The van der Waals surface area contributed by atoms with Crippen LogP contribution in [0.5, 0.6) is 0 Å². The first-order valence-corrected chi connectivity index (χ1v) is 15.5. The third-order valence-corrected chi connectivity index (χ3v) is 9.01. The molecule has 0 aliphatic carbocycles. The highest BCUT2D eigenvalue weighted by Gasteiger charge is 2.36. The molecule has 47 heavy (non-hydrogen) atoms. The summed E-state index contributed by atoms with van der Waals surface area (Å²) in [6.07, 6.45) is -4.51. The van der Waals surface area contributed by atoms with Gasteiger partial charge in [0, 0.05) is 29.5 Å². The molecule has 0 atom stereocenters. The van der Waals surface area contributed by atoms with Crippen LogP contribution in [0.4, 0.5) is 53.0 Å². The number of para-hydroxylation sites is 4. The summed E-state index contributed by atoms with van der Waals surface area (Å²) in [6, 6.07) is 46.3. The predicted molar refractivity (Wildman–Crippen MR) is 186 cm³/mol. The molecule has 7 heteroatoms. The van der Waals surface area contributed by atoms with E-state index in [1.807, 2.05) is 78.9 Å². The number of rotatable bonds is 5. The first-order valence-electron chi connectivity index (χ1n) is 15.5. The molecule has 0 radical (unpaired) electrons. The fourth-order valence-corrected chi connectivity index (χ4v) is 6.82. The molecular formula is C40H31F3N4. The zero-order valence-corrected chi connectivity index (χ0v) is 25.7. The van der Waals surface area contributed by atoms with E-state index in [9.17, 15) is 13.2 Å². The molecule has 2 heterocycles. The van der Waals surface area contributed by atoms with Crippen LogP contribution >= 0.6 is 0 Å². The summed E-state index contributed by atoms with van der Waals surface area (Å²) in [6.45, 7) is 1.16. The maximum Gasteiger partial charge on any atom is 0.416 e. The van der Waals surface area contributed by atoms with Crippen molar-refractivity contribution >= 4 is 39.8 Å². The molecule has 2 aliphatic rings. The van der Waals surface area contributed by atoms with Crippen molar-refractivity contribution in [2.75, 3.05) is 40.0 Å². The molecule has 6 aromatic rings. The predicted octanol–water partition coefficient (Wildman–Crippen LogP) is 10.8. The van der Waals surface area contributed by atoms with E-state index in [0.717, 1.165) is 51.9 Å². The first kappa shape index (κ1) is 28.8. The van der Waals surface area contributed by atoms with Crippen LogP contribution in [0.2, 0.25) is 0 Å². The zero-order valence-electron chi connectivity index (χ0n) is 25.7. The van der Waals surface area contributed by atoms with Gasteiger partial charge in [-0.2, -0.15) is 13.2 Å². The van der Waals surface area contributed by atoms with Crippen molar-refractivity contribution < 1.29 is 13.2 Å². The minimum atomic E-state index is -4.51. The number of halogens is 3. The van der Waals surface area contributed by atoms with Gasteiger partial charge in [-0.15, -0.1) is 0 Å². The molecule has 6 aromatic carbocycles. The van der Waals surface area contributed by atoms with Gasteiger partial charge in [-0.05, 0) is 65.7 Å². The van der Waals surface area contributed by atoms with Crippen molar-refractivity contribution in [1.82, 2.24) is 0 Å². The fraction of sp³-hybridized carbons (Fsp3) is 0.100. The number of hydrogen-bond donors (Lipinski definition) is 0. The van der Waals surface area contributed by atoms with Crippen molar-refractivity contribution in [3.05, 3.63) is 151 Å². The van der Waals surface area contributed by atoms with E-state index < -0.39 is 11.7 Å². The van der Waals surface area contributed by atoms with Crippen molar-refractivity contribution in [1.29, 1.82) is 0 Å². The van der Waals surface area contributed by atoms with E-state index in [-0.39, 0.29) is 0 Å². The Hall–Kier alpha value is -5.69. The number of anilines is 7. The molecule has 232 valence electrons. The lowest BCUT2D eigenvalue weighted by Crippen LogP contribution is -2.26. The van der Waals surface area contributed by atoms with Crippen LogP contribution in [-0.2, 0) is 6.18 Å². The Bertz CT molecular complexity index is 2020. The van der Waals surface area contributed by atoms with E-state index in [0.29, 0.717) is 17.8 Å². The van der Waals surface area contributed by atoms with E-state index in [1.54, 1.807) is 0 Å². The van der Waals surface area contributed by atoms with E-state index in [2.05, 4.69) is 81.2 Å². The fourth-order valence-electron chi connectivity index (χ4n) is 6.82. The van der Waals surface area contributed by atoms with Crippen molar-refractivity contribution in [2.45, 2.75) is 6.18 Å². The smallest absolute Gasteiger partial charge is 0.355 e. The molecule has 0 fully saturated rings. The minimum Gasteiger partial charge on any atom is -0.355 e. The van der Waals surface area contributed by atoms with Gasteiger partial charge in [0.05, 0.1) is 40.7 Å². The maximum atomic E-state index is 14.5. The lowest BCUT2D eigenvalue weighted by atomic mass is 9.92. The number of alkyl halides is 3. The standard InChI is InChI=1S/C40H31F3N4/c1-44-26-45(36-20-9-8-19-35(36)44)31-17-12-18-32(25-31)46-27-47(38-22-11-10-21-37(38)46)39-33(28-13-4-2-5-14-28)23-30(40(41,42)43)24-34(39)29-15-6-3-7-16-29/h2-25H,26-27H2,1H3. The average Bonchev–Trinajstić information content (AvgIpc) is 3.66. The highest BCUT2D eigenvalue weighted by molar-refractivity contribution is 5.99. The van der Waals surface area contributed by atoms with Gasteiger partial charge in [0.15, 0.2) is 0 Å². The number of hydrogen-bond acceptors (Lipinski definition) is 4. The van der Waals surface area contributed by atoms with E-state index in [1.165, 1.54) is 17.8 Å². The van der Waals surface area contributed by atoms with Crippen molar-refractivity contribution in [3.63, 3.8) is 0 Å². The Balaban J connectivity index is 1.29. The minimum absolute atomic E-state index is 0.421. The van der Waals surface area contributed by atoms with Gasteiger partial charge in [0.25, 0.3) is 0 Å².